The number of pyridine rings is 1. The highest BCUT2D eigenvalue weighted by Gasteiger charge is 2.21. The van der Waals surface area contributed by atoms with Gasteiger partial charge in [0.25, 0.3) is 0 Å². The lowest BCUT2D eigenvalue weighted by molar-refractivity contribution is 0.209. The van der Waals surface area contributed by atoms with E-state index in [1.165, 1.54) is 0 Å². The molecule has 1 aliphatic heterocycles. The predicted molar refractivity (Wildman–Crippen MR) is 75.7 cm³/mol. The normalized spacial score (nSPS) is 18.1. The van der Waals surface area contributed by atoms with Gasteiger partial charge in [0, 0.05) is 44.0 Å². The summed E-state index contributed by atoms with van der Waals surface area (Å²) in [4.78, 5) is 8.82. The van der Waals surface area contributed by atoms with Crippen LogP contribution in [-0.4, -0.2) is 53.1 Å². The molecule has 0 aliphatic carbocycles. The lowest BCUT2D eigenvalue weighted by atomic mass is 10.1. The zero-order valence-corrected chi connectivity index (χ0v) is 11.5. The molecule has 104 valence electrons. The second-order valence-corrected chi connectivity index (χ2v) is 4.99. The van der Waals surface area contributed by atoms with Crippen LogP contribution >= 0.6 is 0 Å². The van der Waals surface area contributed by atoms with Gasteiger partial charge in [0.15, 0.2) is 5.84 Å². The molecule has 2 rings (SSSR count). The topological polar surface area (TPSA) is 78.0 Å². The van der Waals surface area contributed by atoms with Crippen LogP contribution in [0.1, 0.15) is 19.4 Å². The number of oxime groups is 1. The van der Waals surface area contributed by atoms with Gasteiger partial charge in [-0.3, -0.25) is 9.88 Å². The lowest BCUT2D eigenvalue weighted by Gasteiger charge is -2.38. The number of rotatable bonds is 3. The fourth-order valence-electron chi connectivity index (χ4n) is 2.39. The number of nitrogens with zero attached hydrogens (tertiary/aromatic N) is 4. The van der Waals surface area contributed by atoms with Crippen LogP contribution in [0.4, 0.5) is 5.69 Å². The smallest absolute Gasteiger partial charge is 0.172 e. The Kier molecular flexibility index (Phi) is 4.21. The first-order valence-electron chi connectivity index (χ1n) is 6.54. The van der Waals surface area contributed by atoms with Crippen molar-refractivity contribution in [1.82, 2.24) is 9.88 Å². The number of hydrogen-bond donors (Lipinski definition) is 2. The Balaban J connectivity index is 2.16. The van der Waals surface area contributed by atoms with E-state index in [4.69, 9.17) is 10.9 Å². The molecule has 6 nitrogen and oxygen atoms in total. The second kappa shape index (κ2) is 5.88. The van der Waals surface area contributed by atoms with E-state index in [1.54, 1.807) is 18.5 Å². The van der Waals surface area contributed by atoms with E-state index in [1.807, 2.05) is 0 Å². The molecular formula is C13H21N5O. The Labute approximate surface area is 113 Å². The number of hydrogen-bond acceptors (Lipinski definition) is 5. The number of aromatic nitrogens is 1. The third-order valence-corrected chi connectivity index (χ3v) is 3.57. The fraction of sp³-hybridized carbons (Fsp3) is 0.538. The van der Waals surface area contributed by atoms with Crippen molar-refractivity contribution in [2.45, 2.75) is 19.9 Å². The molecule has 1 aromatic rings. The average Bonchev–Trinajstić information content (AvgIpc) is 2.46. The summed E-state index contributed by atoms with van der Waals surface area (Å²) in [6.45, 7) is 8.30. The van der Waals surface area contributed by atoms with E-state index in [0.29, 0.717) is 6.04 Å². The number of amidine groups is 1. The lowest BCUT2D eigenvalue weighted by Crippen LogP contribution is -2.49. The molecule has 1 fully saturated rings. The van der Waals surface area contributed by atoms with Crippen molar-refractivity contribution in [1.29, 1.82) is 0 Å². The molecule has 0 amide bonds. The first kappa shape index (κ1) is 13.6. The average molecular weight is 263 g/mol. The van der Waals surface area contributed by atoms with Gasteiger partial charge >= 0.3 is 0 Å². The summed E-state index contributed by atoms with van der Waals surface area (Å²) < 4.78 is 0. The van der Waals surface area contributed by atoms with Crippen LogP contribution in [0, 0.1) is 0 Å². The number of piperazine rings is 1. The zero-order chi connectivity index (χ0) is 13.8. The number of nitrogens with two attached hydrogens (primary N) is 1. The van der Waals surface area contributed by atoms with Crippen molar-refractivity contribution in [3.63, 3.8) is 0 Å². The first-order chi connectivity index (χ1) is 9.13. The molecular weight excluding hydrogens is 242 g/mol. The summed E-state index contributed by atoms with van der Waals surface area (Å²) in [6, 6.07) is 2.35. The van der Waals surface area contributed by atoms with Crippen LogP contribution in [0.5, 0.6) is 0 Å². The molecule has 0 bridgehead atoms. The standard InChI is InChI=1S/C13H21N5O/c1-10(2)17-5-7-18(8-6-17)12-9-15-4-3-11(12)13(14)16-19/h3-4,9-10,19H,5-8H2,1-2H3,(H2,14,16). The minimum atomic E-state index is 0.128. The molecule has 0 radical (unpaired) electrons. The Hall–Kier alpha value is -1.82. The van der Waals surface area contributed by atoms with Crippen molar-refractivity contribution in [2.75, 3.05) is 31.1 Å². The summed E-state index contributed by atoms with van der Waals surface area (Å²) >= 11 is 0. The number of anilines is 1. The fourth-order valence-corrected chi connectivity index (χ4v) is 2.39. The third-order valence-electron chi connectivity index (χ3n) is 3.57. The van der Waals surface area contributed by atoms with E-state index in [9.17, 15) is 0 Å². The molecule has 1 aromatic heterocycles. The Morgan fingerprint density at radius 2 is 2.05 bits per heavy atom. The highest BCUT2D eigenvalue weighted by Crippen LogP contribution is 2.21. The Morgan fingerprint density at radius 3 is 2.63 bits per heavy atom. The van der Waals surface area contributed by atoms with Gasteiger partial charge in [-0.1, -0.05) is 5.16 Å². The molecule has 0 unspecified atom stereocenters. The SMILES string of the molecule is CC(C)N1CCN(c2cnccc2/C(N)=N/O)CC1. The maximum absolute atomic E-state index is 8.84. The molecule has 3 N–H and O–H groups in total. The van der Waals surface area contributed by atoms with Crippen molar-refractivity contribution in [3.05, 3.63) is 24.0 Å². The molecule has 0 saturated carbocycles. The van der Waals surface area contributed by atoms with Gasteiger partial charge in [0.2, 0.25) is 0 Å². The van der Waals surface area contributed by atoms with Crippen molar-refractivity contribution in [3.8, 4) is 0 Å². The second-order valence-electron chi connectivity index (χ2n) is 4.99. The molecule has 2 heterocycles. The predicted octanol–water partition coefficient (Wildman–Crippen LogP) is 0.707. The van der Waals surface area contributed by atoms with Crippen LogP contribution in [-0.2, 0) is 0 Å². The Bertz CT molecular complexity index is 452. The zero-order valence-electron chi connectivity index (χ0n) is 11.5. The van der Waals surface area contributed by atoms with Gasteiger partial charge < -0.3 is 15.8 Å². The molecule has 1 saturated heterocycles. The van der Waals surface area contributed by atoms with Crippen LogP contribution in [0.15, 0.2) is 23.6 Å². The monoisotopic (exact) mass is 263 g/mol. The summed E-state index contributed by atoms with van der Waals surface area (Å²) in [6.07, 6.45) is 3.43. The van der Waals surface area contributed by atoms with E-state index < -0.39 is 0 Å². The summed E-state index contributed by atoms with van der Waals surface area (Å²) in [5.74, 6) is 0.128. The van der Waals surface area contributed by atoms with Gasteiger partial charge in [-0.2, -0.15) is 0 Å². The molecule has 1 aliphatic rings. The van der Waals surface area contributed by atoms with Crippen molar-refractivity contribution < 1.29 is 5.21 Å². The van der Waals surface area contributed by atoms with Gasteiger partial charge in [-0.25, -0.2) is 0 Å². The molecule has 0 atom stereocenters. The maximum atomic E-state index is 8.84. The van der Waals surface area contributed by atoms with E-state index in [-0.39, 0.29) is 5.84 Å². The first-order valence-corrected chi connectivity index (χ1v) is 6.54. The minimum absolute atomic E-state index is 0.128. The molecule has 19 heavy (non-hydrogen) atoms. The van der Waals surface area contributed by atoms with Crippen LogP contribution in [0.2, 0.25) is 0 Å². The third kappa shape index (κ3) is 2.96. The summed E-state index contributed by atoms with van der Waals surface area (Å²) in [5.41, 5.74) is 7.38. The van der Waals surface area contributed by atoms with E-state index in [2.05, 4.69) is 33.8 Å². The Morgan fingerprint density at radius 1 is 1.37 bits per heavy atom. The molecule has 0 spiro atoms. The highest BCUT2D eigenvalue weighted by molar-refractivity contribution is 6.02. The largest absolute Gasteiger partial charge is 0.409 e. The summed E-state index contributed by atoms with van der Waals surface area (Å²) in [7, 11) is 0. The van der Waals surface area contributed by atoms with E-state index in [0.717, 1.165) is 37.4 Å². The van der Waals surface area contributed by atoms with Crippen LogP contribution < -0.4 is 10.6 Å². The van der Waals surface area contributed by atoms with Gasteiger partial charge in [0.05, 0.1) is 11.9 Å². The minimum Gasteiger partial charge on any atom is -0.409 e. The quantitative estimate of drug-likeness (QED) is 0.363. The van der Waals surface area contributed by atoms with Gasteiger partial charge in [-0.05, 0) is 19.9 Å². The van der Waals surface area contributed by atoms with E-state index >= 15 is 0 Å². The summed E-state index contributed by atoms with van der Waals surface area (Å²) in [5, 5.41) is 11.9. The van der Waals surface area contributed by atoms with Crippen molar-refractivity contribution in [2.24, 2.45) is 10.9 Å². The van der Waals surface area contributed by atoms with Crippen LogP contribution in [0.3, 0.4) is 0 Å². The van der Waals surface area contributed by atoms with Crippen LogP contribution in [0.25, 0.3) is 0 Å². The molecule has 6 heteroatoms. The van der Waals surface area contributed by atoms with Gasteiger partial charge in [0.1, 0.15) is 0 Å². The van der Waals surface area contributed by atoms with Gasteiger partial charge in [-0.15, -0.1) is 0 Å². The highest BCUT2D eigenvalue weighted by atomic mass is 16.4. The molecule has 0 aromatic carbocycles. The maximum Gasteiger partial charge on any atom is 0.172 e. The van der Waals surface area contributed by atoms with Crippen molar-refractivity contribution >= 4 is 11.5 Å².